The third-order valence-electron chi connectivity index (χ3n) is 3.78. The minimum absolute atomic E-state index is 0.00282. The molecule has 0 atom stereocenters. The Morgan fingerprint density at radius 3 is 2.31 bits per heavy atom. The number of ether oxygens (including phenoxy) is 1. The molecule has 0 saturated heterocycles. The summed E-state index contributed by atoms with van der Waals surface area (Å²) in [4.78, 5) is 12.3. The highest BCUT2D eigenvalue weighted by Gasteiger charge is 2.15. The van der Waals surface area contributed by atoms with E-state index in [1.165, 1.54) is 54.8 Å². The number of carbonyl (C=O) groups excluding carboxylic acids is 1. The largest absolute Gasteiger partial charge is 0.468 e. The summed E-state index contributed by atoms with van der Waals surface area (Å²) in [6.07, 6.45) is 1.44. The highest BCUT2D eigenvalue weighted by molar-refractivity contribution is 7.89. The summed E-state index contributed by atoms with van der Waals surface area (Å²) in [6.45, 7) is -2.93. The Morgan fingerprint density at radius 1 is 1.03 bits per heavy atom. The van der Waals surface area contributed by atoms with Gasteiger partial charge in [-0.2, -0.15) is 8.78 Å². The molecule has 0 aliphatic rings. The van der Waals surface area contributed by atoms with Crippen molar-refractivity contribution in [2.24, 2.45) is 0 Å². The second-order valence-corrected chi connectivity index (χ2v) is 7.55. The Bertz CT molecular complexity index is 1050. The number of furan rings is 1. The number of carbonyl (C=O) groups is 1. The predicted molar refractivity (Wildman–Crippen MR) is 100 cm³/mol. The second-order valence-electron chi connectivity index (χ2n) is 5.79. The first-order chi connectivity index (χ1) is 13.8. The van der Waals surface area contributed by atoms with Crippen molar-refractivity contribution in [3.8, 4) is 5.75 Å². The number of hydrogen-bond acceptors (Lipinski definition) is 5. The zero-order valence-corrected chi connectivity index (χ0v) is 15.7. The molecule has 152 valence electrons. The lowest BCUT2D eigenvalue weighted by molar-refractivity contribution is -0.0498. The van der Waals surface area contributed by atoms with Crippen LogP contribution < -0.4 is 14.8 Å². The number of benzene rings is 2. The van der Waals surface area contributed by atoms with Gasteiger partial charge in [0.15, 0.2) is 0 Å². The van der Waals surface area contributed by atoms with Crippen molar-refractivity contribution in [1.29, 1.82) is 0 Å². The Labute approximate surface area is 165 Å². The lowest BCUT2D eigenvalue weighted by atomic mass is 10.2. The normalized spacial score (nSPS) is 11.4. The van der Waals surface area contributed by atoms with Gasteiger partial charge < -0.3 is 14.5 Å². The molecule has 29 heavy (non-hydrogen) atoms. The summed E-state index contributed by atoms with van der Waals surface area (Å²) in [6, 6.07) is 14.0. The molecule has 2 aromatic carbocycles. The first-order valence-corrected chi connectivity index (χ1v) is 9.80. The summed E-state index contributed by atoms with van der Waals surface area (Å²) in [7, 11) is -3.77. The number of halogens is 2. The Hall–Kier alpha value is -3.24. The Morgan fingerprint density at radius 2 is 1.72 bits per heavy atom. The van der Waals surface area contributed by atoms with Crippen LogP contribution in [0, 0.1) is 0 Å². The highest BCUT2D eigenvalue weighted by atomic mass is 32.2. The molecule has 3 aromatic rings. The Balaban J connectivity index is 1.62. The van der Waals surface area contributed by atoms with Gasteiger partial charge in [0.2, 0.25) is 10.0 Å². The predicted octanol–water partition coefficient (Wildman–Crippen LogP) is 3.61. The van der Waals surface area contributed by atoms with Gasteiger partial charge >= 0.3 is 6.61 Å². The SMILES string of the molecule is O=C(Nc1ccc(OC(F)F)cc1)c1ccc(S(=O)(=O)NCc2ccco2)cc1. The molecule has 0 radical (unpaired) electrons. The van der Waals surface area contributed by atoms with Crippen LogP contribution in [0.25, 0.3) is 0 Å². The van der Waals surface area contributed by atoms with E-state index in [9.17, 15) is 22.0 Å². The smallest absolute Gasteiger partial charge is 0.387 e. The van der Waals surface area contributed by atoms with E-state index in [0.717, 1.165) is 0 Å². The lowest BCUT2D eigenvalue weighted by Crippen LogP contribution is -2.23. The first-order valence-electron chi connectivity index (χ1n) is 8.32. The van der Waals surface area contributed by atoms with Gasteiger partial charge in [0.1, 0.15) is 11.5 Å². The lowest BCUT2D eigenvalue weighted by Gasteiger charge is -2.09. The minimum Gasteiger partial charge on any atom is -0.468 e. The minimum atomic E-state index is -3.77. The number of alkyl halides is 2. The van der Waals surface area contributed by atoms with Crippen molar-refractivity contribution >= 4 is 21.6 Å². The number of amides is 1. The summed E-state index contributed by atoms with van der Waals surface area (Å²) >= 11 is 0. The van der Waals surface area contributed by atoms with E-state index >= 15 is 0 Å². The molecule has 0 spiro atoms. The maximum atomic E-state index is 12.3. The summed E-state index contributed by atoms with van der Waals surface area (Å²) < 4.78 is 60.6. The van der Waals surface area contributed by atoms with Crippen LogP contribution >= 0.6 is 0 Å². The molecular formula is C19H16F2N2O5S. The molecule has 0 fully saturated rings. The molecule has 7 nitrogen and oxygen atoms in total. The number of hydrogen-bond donors (Lipinski definition) is 2. The van der Waals surface area contributed by atoms with Gasteiger partial charge in [0, 0.05) is 11.3 Å². The maximum Gasteiger partial charge on any atom is 0.387 e. The monoisotopic (exact) mass is 422 g/mol. The van der Waals surface area contributed by atoms with Crippen LogP contribution in [0.5, 0.6) is 5.75 Å². The van der Waals surface area contributed by atoms with E-state index in [4.69, 9.17) is 4.42 Å². The molecule has 2 N–H and O–H groups in total. The first kappa shape index (κ1) is 20.5. The zero-order valence-electron chi connectivity index (χ0n) is 14.8. The number of sulfonamides is 1. The topological polar surface area (TPSA) is 97.6 Å². The molecule has 0 aliphatic carbocycles. The van der Waals surface area contributed by atoms with Crippen molar-refractivity contribution < 1.29 is 31.1 Å². The van der Waals surface area contributed by atoms with Crippen LogP contribution in [0.15, 0.2) is 76.2 Å². The fourth-order valence-corrected chi connectivity index (χ4v) is 3.36. The van der Waals surface area contributed by atoms with Gasteiger partial charge in [0.25, 0.3) is 5.91 Å². The Kier molecular flexibility index (Phi) is 6.25. The maximum absolute atomic E-state index is 12.3. The number of anilines is 1. The fraction of sp³-hybridized carbons (Fsp3) is 0.105. The number of rotatable bonds is 8. The molecule has 1 aromatic heterocycles. The van der Waals surface area contributed by atoms with Crippen molar-refractivity contribution in [2.75, 3.05) is 5.32 Å². The van der Waals surface area contributed by atoms with E-state index in [0.29, 0.717) is 11.4 Å². The van der Waals surface area contributed by atoms with E-state index < -0.39 is 22.5 Å². The summed E-state index contributed by atoms with van der Waals surface area (Å²) in [5.74, 6) is -0.0517. The molecule has 1 amide bonds. The summed E-state index contributed by atoms with van der Waals surface area (Å²) in [5.41, 5.74) is 0.594. The average Bonchev–Trinajstić information content (AvgIpc) is 3.21. The van der Waals surface area contributed by atoms with Gasteiger partial charge in [-0.3, -0.25) is 4.79 Å². The van der Waals surface area contributed by atoms with Crippen LogP contribution in [0.1, 0.15) is 16.1 Å². The molecule has 1 heterocycles. The van der Waals surface area contributed by atoms with Crippen molar-refractivity contribution in [2.45, 2.75) is 18.1 Å². The van der Waals surface area contributed by atoms with Gasteiger partial charge in [-0.15, -0.1) is 0 Å². The molecule has 3 rings (SSSR count). The fourth-order valence-electron chi connectivity index (χ4n) is 2.37. The molecular weight excluding hydrogens is 406 g/mol. The average molecular weight is 422 g/mol. The van der Waals surface area contributed by atoms with Crippen LogP contribution in [0.2, 0.25) is 0 Å². The highest BCUT2D eigenvalue weighted by Crippen LogP contribution is 2.19. The van der Waals surface area contributed by atoms with E-state index in [2.05, 4.69) is 14.8 Å². The summed E-state index contributed by atoms with van der Waals surface area (Å²) in [5, 5.41) is 2.58. The van der Waals surface area contributed by atoms with Crippen LogP contribution in [0.4, 0.5) is 14.5 Å². The quantitative estimate of drug-likeness (QED) is 0.578. The van der Waals surface area contributed by atoms with E-state index in [-0.39, 0.29) is 22.8 Å². The number of nitrogens with one attached hydrogen (secondary N) is 2. The van der Waals surface area contributed by atoms with Gasteiger partial charge in [-0.1, -0.05) is 0 Å². The van der Waals surface area contributed by atoms with Crippen molar-refractivity contribution in [3.63, 3.8) is 0 Å². The van der Waals surface area contributed by atoms with Crippen molar-refractivity contribution in [3.05, 3.63) is 78.3 Å². The second kappa shape index (κ2) is 8.84. The van der Waals surface area contributed by atoms with Gasteiger partial charge in [0.05, 0.1) is 17.7 Å². The zero-order chi connectivity index (χ0) is 20.9. The third-order valence-corrected chi connectivity index (χ3v) is 5.20. The van der Waals surface area contributed by atoms with Crippen LogP contribution in [-0.4, -0.2) is 20.9 Å². The van der Waals surface area contributed by atoms with Crippen LogP contribution in [-0.2, 0) is 16.6 Å². The molecule has 0 saturated carbocycles. The van der Waals surface area contributed by atoms with E-state index in [1.54, 1.807) is 12.1 Å². The van der Waals surface area contributed by atoms with Crippen molar-refractivity contribution in [1.82, 2.24) is 4.72 Å². The third kappa shape index (κ3) is 5.62. The molecule has 10 heteroatoms. The van der Waals surface area contributed by atoms with E-state index in [1.807, 2.05) is 0 Å². The molecule has 0 bridgehead atoms. The van der Waals surface area contributed by atoms with Crippen LogP contribution in [0.3, 0.4) is 0 Å². The van der Waals surface area contributed by atoms with Gasteiger partial charge in [-0.25, -0.2) is 13.1 Å². The standard InChI is InChI=1S/C19H16F2N2O5S/c20-19(21)28-15-7-5-14(6-8-15)23-18(24)13-3-9-17(10-4-13)29(25,26)22-12-16-2-1-11-27-16/h1-11,19,22H,12H2,(H,23,24). The van der Waals surface area contributed by atoms with Gasteiger partial charge in [-0.05, 0) is 60.7 Å². The molecule has 0 aliphatic heterocycles. The molecule has 0 unspecified atom stereocenters.